The predicted octanol–water partition coefficient (Wildman–Crippen LogP) is 2.28. The van der Waals surface area contributed by atoms with E-state index in [0.29, 0.717) is 13.2 Å². The van der Waals surface area contributed by atoms with Gasteiger partial charge in [-0.3, -0.25) is 4.79 Å². The zero-order chi connectivity index (χ0) is 14.6. The van der Waals surface area contributed by atoms with Gasteiger partial charge in [0.2, 0.25) is 5.91 Å². The topological polar surface area (TPSA) is 64.3 Å². The molecule has 0 heterocycles. The normalized spacial score (nSPS) is 16.9. The van der Waals surface area contributed by atoms with E-state index in [2.05, 4.69) is 5.32 Å². The van der Waals surface area contributed by atoms with Gasteiger partial charge in [-0.25, -0.2) is 0 Å². The van der Waals surface area contributed by atoms with Crippen LogP contribution < -0.4 is 15.8 Å². The third-order valence-electron chi connectivity index (χ3n) is 3.91. The van der Waals surface area contributed by atoms with E-state index in [-0.39, 0.29) is 5.91 Å². The highest BCUT2D eigenvalue weighted by molar-refractivity contribution is 5.86. The predicted molar refractivity (Wildman–Crippen MR) is 79.6 cm³/mol. The molecule has 2 rings (SSSR count). The van der Waals surface area contributed by atoms with Crippen molar-refractivity contribution in [1.82, 2.24) is 5.32 Å². The van der Waals surface area contributed by atoms with E-state index in [1.54, 1.807) is 0 Å². The number of aryl methyl sites for hydroxylation is 1. The molecular formula is C16H24N2O2. The molecule has 1 amide bonds. The second-order valence-corrected chi connectivity index (χ2v) is 5.59. The summed E-state index contributed by atoms with van der Waals surface area (Å²) in [6, 6.07) is 6.02. The molecule has 1 aliphatic carbocycles. The summed E-state index contributed by atoms with van der Waals surface area (Å²) in [5, 5.41) is 2.96. The second-order valence-electron chi connectivity index (χ2n) is 5.59. The van der Waals surface area contributed by atoms with Crippen LogP contribution in [0.25, 0.3) is 0 Å². The van der Waals surface area contributed by atoms with Crippen molar-refractivity contribution in [3.8, 4) is 5.75 Å². The Balaban J connectivity index is 2.01. The first-order valence-electron chi connectivity index (χ1n) is 7.34. The minimum Gasteiger partial charge on any atom is -0.494 e. The fourth-order valence-electron chi connectivity index (χ4n) is 2.68. The van der Waals surface area contributed by atoms with Crippen LogP contribution in [-0.4, -0.2) is 18.1 Å². The van der Waals surface area contributed by atoms with Crippen LogP contribution in [0.2, 0.25) is 0 Å². The van der Waals surface area contributed by atoms with Crippen LogP contribution in [0.15, 0.2) is 18.2 Å². The Morgan fingerprint density at radius 2 is 2.10 bits per heavy atom. The first-order valence-corrected chi connectivity index (χ1v) is 7.34. The molecule has 0 atom stereocenters. The van der Waals surface area contributed by atoms with Crippen molar-refractivity contribution >= 4 is 5.91 Å². The van der Waals surface area contributed by atoms with E-state index in [4.69, 9.17) is 10.5 Å². The van der Waals surface area contributed by atoms with Gasteiger partial charge >= 0.3 is 0 Å². The van der Waals surface area contributed by atoms with Crippen molar-refractivity contribution in [3.05, 3.63) is 29.3 Å². The van der Waals surface area contributed by atoms with Crippen LogP contribution in [-0.2, 0) is 11.3 Å². The maximum absolute atomic E-state index is 12.2. The van der Waals surface area contributed by atoms with Crippen molar-refractivity contribution in [2.75, 3.05) is 6.61 Å². The third kappa shape index (κ3) is 3.31. The van der Waals surface area contributed by atoms with E-state index in [1.165, 1.54) is 0 Å². The Morgan fingerprint density at radius 3 is 2.75 bits per heavy atom. The number of ether oxygens (including phenoxy) is 1. The lowest BCUT2D eigenvalue weighted by atomic mass is 9.98. The van der Waals surface area contributed by atoms with Gasteiger partial charge in [0, 0.05) is 12.1 Å². The standard InChI is InChI=1S/C16H24N2O2/c1-3-20-14-10-12(2)6-7-13(14)11-18-15(19)16(17)8-4-5-9-16/h6-7,10H,3-5,8-9,11,17H2,1-2H3,(H,18,19). The summed E-state index contributed by atoms with van der Waals surface area (Å²) in [5.74, 6) is 0.795. The molecule has 1 aromatic rings. The molecule has 1 aliphatic rings. The molecule has 0 radical (unpaired) electrons. The lowest BCUT2D eigenvalue weighted by Gasteiger charge is -2.22. The quantitative estimate of drug-likeness (QED) is 0.867. The molecule has 4 heteroatoms. The molecule has 1 fully saturated rings. The molecule has 0 aromatic heterocycles. The summed E-state index contributed by atoms with van der Waals surface area (Å²) < 4.78 is 5.62. The largest absolute Gasteiger partial charge is 0.494 e. The first kappa shape index (κ1) is 14.9. The maximum atomic E-state index is 12.2. The van der Waals surface area contributed by atoms with Gasteiger partial charge in [-0.1, -0.05) is 25.0 Å². The number of benzene rings is 1. The van der Waals surface area contributed by atoms with Crippen LogP contribution >= 0.6 is 0 Å². The van der Waals surface area contributed by atoms with Gasteiger partial charge in [-0.15, -0.1) is 0 Å². The molecule has 1 saturated carbocycles. The number of carbonyl (C=O) groups excluding carboxylic acids is 1. The molecule has 1 aromatic carbocycles. The molecule has 3 N–H and O–H groups in total. The summed E-state index contributed by atoms with van der Waals surface area (Å²) in [4.78, 5) is 12.2. The van der Waals surface area contributed by atoms with Crippen molar-refractivity contribution in [1.29, 1.82) is 0 Å². The molecule has 0 saturated heterocycles. The summed E-state index contributed by atoms with van der Waals surface area (Å²) in [6.07, 6.45) is 3.65. The van der Waals surface area contributed by atoms with E-state index in [0.717, 1.165) is 42.6 Å². The Morgan fingerprint density at radius 1 is 1.40 bits per heavy atom. The minimum absolute atomic E-state index is 0.0435. The highest BCUT2D eigenvalue weighted by Gasteiger charge is 2.36. The van der Waals surface area contributed by atoms with Gasteiger partial charge in [0.1, 0.15) is 5.75 Å². The van der Waals surface area contributed by atoms with E-state index in [9.17, 15) is 4.79 Å². The molecule has 0 aliphatic heterocycles. The highest BCUT2D eigenvalue weighted by Crippen LogP contribution is 2.27. The van der Waals surface area contributed by atoms with Crippen LogP contribution in [0.1, 0.15) is 43.7 Å². The van der Waals surface area contributed by atoms with Gasteiger partial charge in [-0.05, 0) is 38.3 Å². The smallest absolute Gasteiger partial charge is 0.240 e. The van der Waals surface area contributed by atoms with Gasteiger partial charge in [0.05, 0.1) is 12.1 Å². The Hall–Kier alpha value is -1.55. The van der Waals surface area contributed by atoms with Crippen LogP contribution in [0.3, 0.4) is 0 Å². The Bertz CT molecular complexity index is 479. The Kier molecular flexibility index (Phi) is 4.65. The number of hydrogen-bond acceptors (Lipinski definition) is 3. The van der Waals surface area contributed by atoms with Crippen molar-refractivity contribution < 1.29 is 9.53 Å². The zero-order valence-corrected chi connectivity index (χ0v) is 12.4. The molecular weight excluding hydrogens is 252 g/mol. The van der Waals surface area contributed by atoms with Crippen molar-refractivity contribution in [2.24, 2.45) is 5.73 Å². The minimum atomic E-state index is -0.670. The fourth-order valence-corrected chi connectivity index (χ4v) is 2.68. The van der Waals surface area contributed by atoms with Crippen LogP contribution in [0.5, 0.6) is 5.75 Å². The van der Waals surface area contributed by atoms with Crippen molar-refractivity contribution in [3.63, 3.8) is 0 Å². The third-order valence-corrected chi connectivity index (χ3v) is 3.91. The molecule has 0 spiro atoms. The molecule has 4 nitrogen and oxygen atoms in total. The van der Waals surface area contributed by atoms with E-state index in [1.807, 2.05) is 32.0 Å². The van der Waals surface area contributed by atoms with Crippen LogP contribution in [0.4, 0.5) is 0 Å². The highest BCUT2D eigenvalue weighted by atomic mass is 16.5. The maximum Gasteiger partial charge on any atom is 0.240 e. The van der Waals surface area contributed by atoms with E-state index < -0.39 is 5.54 Å². The molecule has 110 valence electrons. The van der Waals surface area contributed by atoms with Gasteiger partial charge < -0.3 is 15.8 Å². The average molecular weight is 276 g/mol. The molecule has 0 unspecified atom stereocenters. The molecule has 20 heavy (non-hydrogen) atoms. The zero-order valence-electron chi connectivity index (χ0n) is 12.4. The first-order chi connectivity index (χ1) is 9.55. The summed E-state index contributed by atoms with van der Waals surface area (Å²) in [5.41, 5.74) is 7.61. The summed E-state index contributed by atoms with van der Waals surface area (Å²) >= 11 is 0. The molecule has 0 bridgehead atoms. The second kappa shape index (κ2) is 6.27. The van der Waals surface area contributed by atoms with E-state index >= 15 is 0 Å². The number of nitrogens with one attached hydrogen (secondary N) is 1. The van der Waals surface area contributed by atoms with Crippen molar-refractivity contribution in [2.45, 2.75) is 51.6 Å². The fraction of sp³-hybridized carbons (Fsp3) is 0.562. The average Bonchev–Trinajstić information content (AvgIpc) is 2.86. The monoisotopic (exact) mass is 276 g/mol. The number of amides is 1. The van der Waals surface area contributed by atoms with Crippen LogP contribution in [0, 0.1) is 6.92 Å². The summed E-state index contributed by atoms with van der Waals surface area (Å²) in [6.45, 7) is 5.06. The lowest BCUT2D eigenvalue weighted by Crippen LogP contribution is -2.51. The SMILES string of the molecule is CCOc1cc(C)ccc1CNC(=O)C1(N)CCCC1. The number of rotatable bonds is 5. The summed E-state index contributed by atoms with van der Waals surface area (Å²) in [7, 11) is 0. The Labute approximate surface area is 120 Å². The van der Waals surface area contributed by atoms with Gasteiger partial charge in [0.25, 0.3) is 0 Å². The number of carbonyl (C=O) groups is 1. The number of hydrogen-bond donors (Lipinski definition) is 2. The van der Waals surface area contributed by atoms with Gasteiger partial charge in [-0.2, -0.15) is 0 Å². The number of nitrogens with two attached hydrogens (primary N) is 1. The lowest BCUT2D eigenvalue weighted by molar-refractivity contribution is -0.126. The van der Waals surface area contributed by atoms with Gasteiger partial charge in [0.15, 0.2) is 0 Å².